The number of amides is 3. The fraction of sp³-hybridized carbons (Fsp3) is 0.370. The number of nitrogens with zero attached hydrogens (tertiary/aromatic N) is 1. The number of hydrogen-bond acceptors (Lipinski definition) is 8. The van der Waals surface area contributed by atoms with Gasteiger partial charge in [0.2, 0.25) is 5.96 Å². The van der Waals surface area contributed by atoms with Crippen LogP contribution in [0, 0.1) is 0 Å². The third-order valence-corrected chi connectivity index (χ3v) is 4.68. The Labute approximate surface area is 221 Å². The molecule has 0 aromatic heterocycles. The number of rotatable bonds is 10. The highest BCUT2D eigenvalue weighted by molar-refractivity contribution is 6.01. The molecular formula is C27H34N4O7. The molecule has 11 heteroatoms. The molecule has 0 bridgehead atoms. The van der Waals surface area contributed by atoms with Crippen molar-refractivity contribution in [3.8, 4) is 0 Å². The molecule has 1 atom stereocenters. The van der Waals surface area contributed by atoms with E-state index in [1.807, 2.05) is 36.4 Å². The van der Waals surface area contributed by atoms with Crippen molar-refractivity contribution in [3.05, 3.63) is 71.8 Å². The van der Waals surface area contributed by atoms with Crippen LogP contribution in [0.2, 0.25) is 0 Å². The fourth-order valence-corrected chi connectivity index (χ4v) is 2.96. The number of aldehydes is 1. The lowest BCUT2D eigenvalue weighted by atomic mass is 10.2. The molecule has 0 unspecified atom stereocenters. The first-order valence-corrected chi connectivity index (χ1v) is 12.1. The maximum atomic E-state index is 12.3. The van der Waals surface area contributed by atoms with E-state index in [1.165, 1.54) is 0 Å². The number of hydrogen-bond donors (Lipinski definition) is 3. The summed E-state index contributed by atoms with van der Waals surface area (Å²) in [7, 11) is 0. The molecule has 0 saturated heterocycles. The van der Waals surface area contributed by atoms with Crippen molar-refractivity contribution in [2.24, 2.45) is 4.99 Å². The van der Waals surface area contributed by atoms with Crippen molar-refractivity contribution in [3.63, 3.8) is 0 Å². The average Bonchev–Trinajstić information content (AvgIpc) is 2.88. The number of alkyl carbamates (subject to hydrolysis) is 3. The van der Waals surface area contributed by atoms with Gasteiger partial charge < -0.3 is 24.3 Å². The van der Waals surface area contributed by atoms with Gasteiger partial charge in [0.05, 0.1) is 6.04 Å². The quantitative estimate of drug-likeness (QED) is 0.139. The zero-order chi connectivity index (χ0) is 27.8. The minimum atomic E-state index is -0.826. The number of nitrogens with one attached hydrogen (secondary N) is 3. The van der Waals surface area contributed by atoms with Crippen LogP contribution in [0.5, 0.6) is 0 Å². The van der Waals surface area contributed by atoms with Crippen molar-refractivity contribution < 1.29 is 33.4 Å². The number of aliphatic imine (C=N–C) groups is 1. The molecule has 0 heterocycles. The van der Waals surface area contributed by atoms with Crippen molar-refractivity contribution >= 4 is 30.5 Å². The van der Waals surface area contributed by atoms with Gasteiger partial charge in [-0.15, -0.1) is 0 Å². The Morgan fingerprint density at radius 3 is 1.79 bits per heavy atom. The van der Waals surface area contributed by atoms with Gasteiger partial charge in [-0.2, -0.15) is 0 Å². The first kappa shape index (κ1) is 29.8. The van der Waals surface area contributed by atoms with E-state index in [1.54, 1.807) is 45.0 Å². The monoisotopic (exact) mass is 526 g/mol. The minimum Gasteiger partial charge on any atom is -0.444 e. The van der Waals surface area contributed by atoms with Crippen LogP contribution >= 0.6 is 0 Å². The van der Waals surface area contributed by atoms with Gasteiger partial charge in [0.15, 0.2) is 0 Å². The number of benzene rings is 2. The molecular weight excluding hydrogens is 492 g/mol. The second kappa shape index (κ2) is 15.6. The highest BCUT2D eigenvalue weighted by atomic mass is 16.6. The van der Waals surface area contributed by atoms with E-state index in [4.69, 9.17) is 14.2 Å². The lowest BCUT2D eigenvalue weighted by Crippen LogP contribution is -2.44. The summed E-state index contributed by atoms with van der Waals surface area (Å²) in [5, 5.41) is 7.27. The van der Waals surface area contributed by atoms with E-state index in [2.05, 4.69) is 20.9 Å². The normalized spacial score (nSPS) is 11.3. The Morgan fingerprint density at radius 1 is 0.842 bits per heavy atom. The summed E-state index contributed by atoms with van der Waals surface area (Å²) in [6.07, 6.45) is -1.14. The molecule has 0 fully saturated rings. The Kier molecular flexibility index (Phi) is 12.3. The Hall–Kier alpha value is -4.41. The van der Waals surface area contributed by atoms with Crippen LogP contribution in [-0.4, -0.2) is 48.7 Å². The zero-order valence-corrected chi connectivity index (χ0v) is 21.8. The van der Waals surface area contributed by atoms with Crippen LogP contribution in [0.3, 0.4) is 0 Å². The van der Waals surface area contributed by atoms with Crippen LogP contribution in [0.4, 0.5) is 14.4 Å². The summed E-state index contributed by atoms with van der Waals surface area (Å²) >= 11 is 0. The van der Waals surface area contributed by atoms with E-state index >= 15 is 0 Å². The van der Waals surface area contributed by atoms with Crippen LogP contribution < -0.4 is 16.0 Å². The molecule has 2 rings (SSSR count). The van der Waals surface area contributed by atoms with Crippen molar-refractivity contribution in [1.29, 1.82) is 0 Å². The summed E-state index contributed by atoms with van der Waals surface area (Å²) in [5.41, 5.74) is 0.876. The topological polar surface area (TPSA) is 144 Å². The van der Waals surface area contributed by atoms with Gasteiger partial charge >= 0.3 is 18.3 Å². The fourth-order valence-electron chi connectivity index (χ4n) is 2.96. The number of carbonyl (C=O) groups excluding carboxylic acids is 4. The van der Waals surface area contributed by atoms with Gasteiger partial charge in [-0.3, -0.25) is 15.6 Å². The first-order valence-electron chi connectivity index (χ1n) is 12.1. The van der Waals surface area contributed by atoms with Gasteiger partial charge in [0.1, 0.15) is 25.1 Å². The number of guanidine groups is 1. The molecule has 2 aromatic rings. The molecule has 0 saturated carbocycles. The Balaban J connectivity index is 1.92. The molecule has 0 aliphatic carbocycles. The molecule has 0 spiro atoms. The SMILES string of the molecule is CC(C)(C)OC(=O)N[C@H](C=O)CCCN=C(NC(=O)OCc1ccccc1)NC(=O)OCc1ccccc1. The molecule has 0 radical (unpaired) electrons. The van der Waals surface area contributed by atoms with E-state index in [9.17, 15) is 19.2 Å². The Morgan fingerprint density at radius 2 is 1.34 bits per heavy atom. The summed E-state index contributed by atoms with van der Waals surface area (Å²) < 4.78 is 15.5. The summed E-state index contributed by atoms with van der Waals surface area (Å²) in [6, 6.07) is 17.4. The molecule has 0 aliphatic heterocycles. The molecule has 3 N–H and O–H groups in total. The van der Waals surface area contributed by atoms with Gasteiger partial charge in [0, 0.05) is 6.54 Å². The van der Waals surface area contributed by atoms with Crippen LogP contribution in [-0.2, 0) is 32.2 Å². The number of ether oxygens (including phenoxy) is 3. The summed E-state index contributed by atoms with van der Waals surface area (Å²) in [5.74, 6) is -0.177. The smallest absolute Gasteiger partial charge is 0.414 e. The van der Waals surface area contributed by atoms with Gasteiger partial charge in [0.25, 0.3) is 0 Å². The zero-order valence-electron chi connectivity index (χ0n) is 21.8. The van der Waals surface area contributed by atoms with Gasteiger partial charge in [-0.25, -0.2) is 14.4 Å². The average molecular weight is 527 g/mol. The van der Waals surface area contributed by atoms with Crippen molar-refractivity contribution in [1.82, 2.24) is 16.0 Å². The van der Waals surface area contributed by atoms with Gasteiger partial charge in [-0.1, -0.05) is 60.7 Å². The summed E-state index contributed by atoms with van der Waals surface area (Å²) in [6.45, 7) is 5.32. The number of carbonyl (C=O) groups is 4. The van der Waals surface area contributed by atoms with Crippen LogP contribution in [0.1, 0.15) is 44.7 Å². The second-order valence-corrected chi connectivity index (χ2v) is 9.13. The molecule has 2 aromatic carbocycles. The van der Waals surface area contributed by atoms with E-state index in [-0.39, 0.29) is 32.1 Å². The third kappa shape index (κ3) is 13.1. The molecule has 3 amide bonds. The van der Waals surface area contributed by atoms with Gasteiger partial charge in [-0.05, 0) is 44.7 Å². The molecule has 38 heavy (non-hydrogen) atoms. The van der Waals surface area contributed by atoms with Crippen LogP contribution in [0.25, 0.3) is 0 Å². The highest BCUT2D eigenvalue weighted by Crippen LogP contribution is 2.07. The maximum absolute atomic E-state index is 12.3. The third-order valence-electron chi connectivity index (χ3n) is 4.68. The second-order valence-electron chi connectivity index (χ2n) is 9.13. The van der Waals surface area contributed by atoms with Crippen LogP contribution in [0.15, 0.2) is 65.7 Å². The predicted octanol–water partition coefficient (Wildman–Crippen LogP) is 4.07. The largest absolute Gasteiger partial charge is 0.444 e. The van der Waals surface area contributed by atoms with Crippen molar-refractivity contribution in [2.75, 3.05) is 6.54 Å². The predicted molar refractivity (Wildman–Crippen MR) is 140 cm³/mol. The minimum absolute atomic E-state index is 0.0236. The lowest BCUT2D eigenvalue weighted by Gasteiger charge is -2.21. The Bertz CT molecular complexity index is 1010. The van der Waals surface area contributed by atoms with Crippen molar-refractivity contribution in [2.45, 2.75) is 58.5 Å². The highest BCUT2D eigenvalue weighted by Gasteiger charge is 2.19. The van der Waals surface area contributed by atoms with E-state index < -0.39 is 29.9 Å². The maximum Gasteiger partial charge on any atom is 0.414 e. The van der Waals surface area contributed by atoms with E-state index in [0.29, 0.717) is 12.7 Å². The summed E-state index contributed by atoms with van der Waals surface area (Å²) in [4.78, 5) is 52.0. The molecule has 0 aliphatic rings. The standard InChI is InChI=1S/C27H34N4O7/c1-27(2,3)38-26(35)29-22(17-32)15-10-16-28-23(30-24(33)36-18-20-11-6-4-7-12-20)31-25(34)37-19-21-13-8-5-9-14-21/h4-9,11-14,17,22H,10,15-16,18-19H2,1-3H3,(H,29,35)(H2,28,30,31,33,34)/t22-/m0/s1. The van der Waals surface area contributed by atoms with E-state index in [0.717, 1.165) is 11.1 Å². The molecule has 204 valence electrons. The first-order chi connectivity index (χ1) is 18.1. The lowest BCUT2D eigenvalue weighted by molar-refractivity contribution is -0.109. The molecule has 11 nitrogen and oxygen atoms in total.